The predicted molar refractivity (Wildman–Crippen MR) is 192 cm³/mol. The Labute approximate surface area is 337 Å². The van der Waals surface area contributed by atoms with Crippen LogP contribution in [0.5, 0.6) is 11.5 Å². The Morgan fingerprint density at radius 1 is 0.820 bits per heavy atom. The van der Waals surface area contributed by atoms with Gasteiger partial charge in [-0.15, -0.1) is 0 Å². The molecule has 0 N–H and O–H groups in total. The maximum atomic E-state index is 13.9. The number of benzene rings is 4. The molecule has 5 aromatic rings. The summed E-state index contributed by atoms with van der Waals surface area (Å²) in [5.41, 5.74) is 6.43. The molecule has 0 bridgehead atoms. The quantitative estimate of drug-likeness (QED) is 0.130. The number of carboxylic acid groups (broad SMARTS) is 1. The summed E-state index contributed by atoms with van der Waals surface area (Å²) in [5.74, 6) is 0.482. The molecule has 0 amide bonds. The third-order valence-corrected chi connectivity index (χ3v) is 9.57. The molecule has 1 aromatic heterocycles. The number of carboxylic acids is 1. The minimum Gasteiger partial charge on any atom is -0.550 e. The van der Waals surface area contributed by atoms with E-state index in [1.165, 1.54) is 5.56 Å². The van der Waals surface area contributed by atoms with Crippen molar-refractivity contribution in [1.82, 2.24) is 9.47 Å². The van der Waals surface area contributed by atoms with Crippen molar-refractivity contribution in [3.05, 3.63) is 125 Å². The van der Waals surface area contributed by atoms with Gasteiger partial charge >= 0.3 is 51.4 Å². The second-order valence-corrected chi connectivity index (χ2v) is 12.8. The molecular weight excluding hydrogens is 654 g/mol. The van der Waals surface area contributed by atoms with Crippen LogP contribution >= 0.6 is 0 Å². The molecule has 1 unspecified atom stereocenters. The van der Waals surface area contributed by atoms with Crippen LogP contribution in [0, 0.1) is 13.8 Å². The van der Waals surface area contributed by atoms with Gasteiger partial charge in [-0.2, -0.15) is 0 Å². The summed E-state index contributed by atoms with van der Waals surface area (Å²) in [4.78, 5) is 29.8. The van der Waals surface area contributed by atoms with Gasteiger partial charge in [0.1, 0.15) is 17.6 Å². The molecule has 0 spiro atoms. The fourth-order valence-corrected chi connectivity index (χ4v) is 6.86. The predicted octanol–water partition coefficient (Wildman–Crippen LogP) is 3.36. The van der Waals surface area contributed by atoms with Crippen LogP contribution < -0.4 is 70.9 Å². The maximum absolute atomic E-state index is 13.9. The van der Waals surface area contributed by atoms with Crippen molar-refractivity contribution in [2.45, 2.75) is 45.8 Å². The Morgan fingerprint density at radius 3 is 2.20 bits per heavy atom. The first kappa shape index (κ1) is 37.8. The van der Waals surface area contributed by atoms with E-state index in [4.69, 9.17) is 9.47 Å². The van der Waals surface area contributed by atoms with Crippen LogP contribution in [0.15, 0.2) is 97.1 Å². The number of aliphatic carboxylic acids is 1. The zero-order valence-corrected chi connectivity index (χ0v) is 32.7. The van der Waals surface area contributed by atoms with Gasteiger partial charge in [-0.3, -0.25) is 9.69 Å². The average Bonchev–Trinajstić information content (AvgIpc) is 3.41. The van der Waals surface area contributed by atoms with Crippen LogP contribution in [0.1, 0.15) is 58.1 Å². The summed E-state index contributed by atoms with van der Waals surface area (Å²) in [6, 6.07) is 31.9. The third-order valence-electron chi connectivity index (χ3n) is 9.57. The first-order valence-electron chi connectivity index (χ1n) is 17.1. The van der Waals surface area contributed by atoms with Gasteiger partial charge in [0.2, 0.25) is 0 Å². The van der Waals surface area contributed by atoms with Gasteiger partial charge in [0.15, 0.2) is 5.78 Å². The number of fused-ring (bicyclic) bond motifs is 1. The van der Waals surface area contributed by atoms with Gasteiger partial charge in [0.05, 0.1) is 18.4 Å². The number of rotatable bonds is 14. The Bertz CT molecular complexity index is 1900. The van der Waals surface area contributed by atoms with Gasteiger partial charge < -0.3 is 28.8 Å². The maximum Gasteiger partial charge on any atom is 1.00 e. The Kier molecular flexibility index (Phi) is 13.4. The van der Waals surface area contributed by atoms with Crippen LogP contribution in [0.4, 0.5) is 5.69 Å². The van der Waals surface area contributed by atoms with E-state index in [1.54, 1.807) is 7.11 Å². The van der Waals surface area contributed by atoms with Crippen LogP contribution in [0.2, 0.25) is 0 Å². The monoisotopic (exact) mass is 697 g/mol. The number of hydrogen-bond donors (Lipinski definition) is 0. The number of hydrogen-bond acceptors (Lipinski definition) is 7. The van der Waals surface area contributed by atoms with Crippen molar-refractivity contribution in [2.24, 2.45) is 0 Å². The van der Waals surface area contributed by atoms with Crippen molar-refractivity contribution < 1.29 is 75.6 Å². The zero-order valence-electron chi connectivity index (χ0n) is 29.6. The number of methoxy groups -OCH3 is 1. The van der Waals surface area contributed by atoms with Crippen LogP contribution in [-0.2, 0) is 11.3 Å². The van der Waals surface area contributed by atoms with E-state index in [-0.39, 0.29) is 69.7 Å². The number of ether oxygens (including phenoxy) is 2. The van der Waals surface area contributed by atoms with Crippen molar-refractivity contribution in [2.75, 3.05) is 44.7 Å². The van der Waals surface area contributed by atoms with Crippen LogP contribution in [-0.4, -0.2) is 61.1 Å². The molecule has 0 aliphatic carbocycles. The first-order chi connectivity index (χ1) is 23.8. The van der Waals surface area contributed by atoms with Gasteiger partial charge in [0, 0.05) is 73.8 Å². The standard InChI is InChI=1S/C41H45N3O5.K/c1-29-14-16-31(17-15-29)37(22-24-42-25-27-43(28-26-42)36-11-6-7-12-38(36)48-3)49-33-20-18-32(19-21-33)41(47)40-30(2)44(23-8-13-39(45)46)35-10-5-4-9-34(35)40;/h4-7,9-12,14-21,37H,8,13,22-28H2,1-3H3,(H,45,46);/q;+1/p-1. The topological polar surface area (TPSA) is 87.1 Å². The average molecular weight is 698 g/mol. The number of aromatic nitrogens is 1. The second kappa shape index (κ2) is 17.7. The summed E-state index contributed by atoms with van der Waals surface area (Å²) >= 11 is 0. The summed E-state index contributed by atoms with van der Waals surface area (Å²) < 4.78 is 14.3. The number of piperazine rings is 1. The van der Waals surface area contributed by atoms with E-state index >= 15 is 0 Å². The Hall–Kier alpha value is -3.44. The van der Waals surface area contributed by atoms with Gasteiger partial charge in [0.25, 0.3) is 0 Å². The second-order valence-electron chi connectivity index (χ2n) is 12.8. The van der Waals surface area contributed by atoms with E-state index in [1.807, 2.05) is 72.2 Å². The largest absolute Gasteiger partial charge is 1.00 e. The van der Waals surface area contributed by atoms with Crippen molar-refractivity contribution in [1.29, 1.82) is 0 Å². The smallest absolute Gasteiger partial charge is 0.550 e. The molecule has 0 radical (unpaired) electrons. The number of carbonyl (C=O) groups is 2. The SMILES string of the molecule is COc1ccccc1N1CCN(CCC(Oc2ccc(C(=O)c3c(C)n(CCCC(=O)[O-])c4ccccc34)cc2)c2ccc(C)cc2)CC1.[K+]. The fraction of sp³-hybridized carbons (Fsp3) is 0.317. The fourth-order valence-electron chi connectivity index (χ4n) is 6.86. The van der Waals surface area contributed by atoms with Crippen LogP contribution in [0.3, 0.4) is 0 Å². The number of carbonyl (C=O) groups excluding carboxylic acids is 2. The molecule has 4 aromatic carbocycles. The molecule has 9 heteroatoms. The Morgan fingerprint density at radius 2 is 1.50 bits per heavy atom. The van der Waals surface area contributed by atoms with Crippen molar-refractivity contribution >= 4 is 28.3 Å². The first-order valence-corrected chi connectivity index (χ1v) is 17.1. The number of ketones is 1. The number of aryl methyl sites for hydroxylation is 2. The van der Waals surface area contributed by atoms with Crippen LogP contribution in [0.25, 0.3) is 10.9 Å². The molecule has 254 valence electrons. The minimum atomic E-state index is -1.07. The van der Waals surface area contributed by atoms with Crippen molar-refractivity contribution in [3.8, 4) is 11.5 Å². The minimum absolute atomic E-state index is 0. The summed E-state index contributed by atoms with van der Waals surface area (Å²) in [7, 11) is 1.72. The number of para-hydroxylation sites is 3. The van der Waals surface area contributed by atoms with Crippen molar-refractivity contribution in [3.63, 3.8) is 0 Å². The molecule has 50 heavy (non-hydrogen) atoms. The van der Waals surface area contributed by atoms with E-state index in [0.29, 0.717) is 29.8 Å². The summed E-state index contributed by atoms with van der Waals surface area (Å²) in [5, 5.41) is 11.9. The molecule has 2 heterocycles. The molecular formula is C41H44KN3O5. The molecule has 6 rings (SSSR count). The number of anilines is 1. The molecule has 1 atom stereocenters. The number of nitrogens with zero attached hydrogens (tertiary/aromatic N) is 3. The summed E-state index contributed by atoms with van der Waals surface area (Å²) in [6.45, 7) is 9.20. The zero-order chi connectivity index (χ0) is 34.3. The normalized spacial score (nSPS) is 13.9. The van der Waals surface area contributed by atoms with E-state index in [0.717, 1.165) is 72.7 Å². The molecule has 0 saturated carbocycles. The third kappa shape index (κ3) is 8.88. The van der Waals surface area contributed by atoms with Gasteiger partial charge in [-0.05, 0) is 74.7 Å². The van der Waals surface area contributed by atoms with E-state index in [9.17, 15) is 14.7 Å². The van der Waals surface area contributed by atoms with Gasteiger partial charge in [-0.25, -0.2) is 0 Å². The Balaban J connectivity index is 0.00000486. The van der Waals surface area contributed by atoms with E-state index < -0.39 is 5.97 Å². The molecule has 1 saturated heterocycles. The molecule has 1 aliphatic rings. The molecule has 1 fully saturated rings. The van der Waals surface area contributed by atoms with Gasteiger partial charge in [-0.1, -0.05) is 60.2 Å². The van der Waals surface area contributed by atoms with E-state index in [2.05, 4.69) is 53.1 Å². The summed E-state index contributed by atoms with van der Waals surface area (Å²) in [6.07, 6.45) is 1.09. The molecule has 8 nitrogen and oxygen atoms in total. The molecule has 1 aliphatic heterocycles.